The summed E-state index contributed by atoms with van der Waals surface area (Å²) in [6, 6.07) is 7.88. The van der Waals surface area contributed by atoms with Gasteiger partial charge in [-0.3, -0.25) is 0 Å². The molecule has 4 atom stereocenters. The van der Waals surface area contributed by atoms with E-state index >= 15 is 0 Å². The molecule has 3 aliphatic rings. The lowest BCUT2D eigenvalue weighted by molar-refractivity contribution is -0.211. The second kappa shape index (κ2) is 7.18. The molecule has 0 radical (unpaired) electrons. The van der Waals surface area contributed by atoms with Crippen LogP contribution in [0.5, 0.6) is 0 Å². The summed E-state index contributed by atoms with van der Waals surface area (Å²) in [5.74, 6) is -0.112. The van der Waals surface area contributed by atoms with Crippen LogP contribution in [0, 0.1) is 11.8 Å². The Bertz CT molecular complexity index is 667. The molecular weight excluding hydrogens is 332 g/mol. The summed E-state index contributed by atoms with van der Waals surface area (Å²) in [5.41, 5.74) is 1.22. The molecule has 0 saturated carbocycles. The number of nitrogens with zero attached hydrogens (tertiary/aromatic N) is 1. The van der Waals surface area contributed by atoms with E-state index in [-0.39, 0.29) is 23.9 Å². The Balaban J connectivity index is 1.55. The number of fused-ring (bicyclic) bond motifs is 3. The van der Waals surface area contributed by atoms with Crippen LogP contribution in [0.3, 0.4) is 0 Å². The molecule has 2 N–H and O–H groups in total. The third kappa shape index (κ3) is 3.10. The standard InChI is InChI=1S/C20H28N2O4/c1-2-14-4-3-5-16(10-14)21-19(23)22-11-15-12-26-9-7-20(15,24)17-13-25-8-6-18(17)22/h3-5,10,15,17-18,24H,2,6-9,11-13H2,1H3,(H,21,23)/t15-,17+,18-,20-/m0/s1. The third-order valence-electron chi connectivity index (χ3n) is 6.30. The first kappa shape index (κ1) is 17.8. The molecule has 1 aromatic carbocycles. The molecule has 3 saturated heterocycles. The van der Waals surface area contributed by atoms with Crippen molar-refractivity contribution in [2.75, 3.05) is 38.3 Å². The highest BCUT2D eigenvalue weighted by molar-refractivity contribution is 5.89. The zero-order valence-corrected chi connectivity index (χ0v) is 15.3. The van der Waals surface area contributed by atoms with Gasteiger partial charge in [0.15, 0.2) is 0 Å². The molecule has 3 heterocycles. The van der Waals surface area contributed by atoms with Gasteiger partial charge in [0.2, 0.25) is 0 Å². The summed E-state index contributed by atoms with van der Waals surface area (Å²) >= 11 is 0. The predicted molar refractivity (Wildman–Crippen MR) is 98.1 cm³/mol. The van der Waals surface area contributed by atoms with Crippen LogP contribution in [0.1, 0.15) is 25.3 Å². The van der Waals surface area contributed by atoms with Crippen LogP contribution in [0.2, 0.25) is 0 Å². The normalized spacial score (nSPS) is 33.9. The number of carbonyl (C=O) groups excluding carboxylic acids is 1. The zero-order valence-electron chi connectivity index (χ0n) is 15.3. The number of benzene rings is 1. The highest BCUT2D eigenvalue weighted by Gasteiger charge is 2.56. The molecule has 26 heavy (non-hydrogen) atoms. The van der Waals surface area contributed by atoms with Crippen LogP contribution < -0.4 is 5.32 Å². The molecule has 0 aromatic heterocycles. The first-order valence-electron chi connectivity index (χ1n) is 9.66. The van der Waals surface area contributed by atoms with Gasteiger partial charge in [0.25, 0.3) is 0 Å². The van der Waals surface area contributed by atoms with E-state index in [1.54, 1.807) is 0 Å². The highest BCUT2D eigenvalue weighted by Crippen LogP contribution is 2.44. The summed E-state index contributed by atoms with van der Waals surface area (Å²) in [4.78, 5) is 15.0. The van der Waals surface area contributed by atoms with Crippen LogP contribution in [-0.4, -0.2) is 60.7 Å². The van der Waals surface area contributed by atoms with Crippen molar-refractivity contribution in [1.29, 1.82) is 0 Å². The van der Waals surface area contributed by atoms with Crippen LogP contribution in [-0.2, 0) is 15.9 Å². The van der Waals surface area contributed by atoms with E-state index in [4.69, 9.17) is 9.47 Å². The second-order valence-electron chi connectivity index (χ2n) is 7.69. The van der Waals surface area contributed by atoms with Gasteiger partial charge in [-0.2, -0.15) is 0 Å². The molecule has 0 aliphatic carbocycles. The molecule has 4 rings (SSSR count). The first-order chi connectivity index (χ1) is 12.6. The number of rotatable bonds is 2. The van der Waals surface area contributed by atoms with Gasteiger partial charge in [0, 0.05) is 49.7 Å². The first-order valence-corrected chi connectivity index (χ1v) is 9.66. The molecule has 0 unspecified atom stereocenters. The maximum Gasteiger partial charge on any atom is 0.322 e. The summed E-state index contributed by atoms with van der Waals surface area (Å²) in [6.45, 7) is 4.83. The van der Waals surface area contributed by atoms with Crippen LogP contribution in [0.15, 0.2) is 24.3 Å². The Kier molecular flexibility index (Phi) is 4.90. The van der Waals surface area contributed by atoms with Crippen molar-refractivity contribution >= 4 is 11.7 Å². The molecule has 0 spiro atoms. The summed E-state index contributed by atoms with van der Waals surface area (Å²) in [6.07, 6.45) is 2.32. The van der Waals surface area contributed by atoms with E-state index in [2.05, 4.69) is 18.3 Å². The van der Waals surface area contributed by atoms with Gasteiger partial charge in [-0.15, -0.1) is 0 Å². The highest BCUT2D eigenvalue weighted by atomic mass is 16.5. The number of ether oxygens (including phenoxy) is 2. The number of hydrogen-bond donors (Lipinski definition) is 2. The minimum atomic E-state index is -0.789. The fraction of sp³-hybridized carbons (Fsp3) is 0.650. The monoisotopic (exact) mass is 360 g/mol. The van der Waals surface area contributed by atoms with Crippen molar-refractivity contribution in [3.8, 4) is 0 Å². The lowest BCUT2D eigenvalue weighted by Crippen LogP contribution is -2.69. The average Bonchev–Trinajstić information content (AvgIpc) is 2.67. The SMILES string of the molecule is CCc1cccc(NC(=O)N2C[C@H]3COCC[C@@]3(O)[C@@H]3COCC[C@@H]32)c1. The number of aliphatic hydroxyl groups is 1. The van der Waals surface area contributed by atoms with Gasteiger partial charge < -0.3 is 24.8 Å². The molecule has 0 bridgehead atoms. The lowest BCUT2D eigenvalue weighted by atomic mass is 9.66. The number of urea groups is 1. The van der Waals surface area contributed by atoms with Crippen molar-refractivity contribution in [2.24, 2.45) is 11.8 Å². The van der Waals surface area contributed by atoms with Crippen molar-refractivity contribution in [2.45, 2.75) is 37.8 Å². The fourth-order valence-electron chi connectivity index (χ4n) is 4.76. The van der Waals surface area contributed by atoms with E-state index in [0.717, 1.165) is 18.5 Å². The van der Waals surface area contributed by atoms with Crippen LogP contribution in [0.4, 0.5) is 10.5 Å². The minimum absolute atomic E-state index is 0.0115. The van der Waals surface area contributed by atoms with Gasteiger partial charge in [-0.25, -0.2) is 4.79 Å². The smallest absolute Gasteiger partial charge is 0.322 e. The third-order valence-corrected chi connectivity index (χ3v) is 6.30. The number of aryl methyl sites for hydroxylation is 1. The number of hydrogen-bond acceptors (Lipinski definition) is 4. The van der Waals surface area contributed by atoms with Gasteiger partial charge >= 0.3 is 6.03 Å². The van der Waals surface area contributed by atoms with Gasteiger partial charge in [0.05, 0.1) is 18.8 Å². The Labute approximate surface area is 154 Å². The largest absolute Gasteiger partial charge is 0.389 e. The van der Waals surface area contributed by atoms with Crippen molar-refractivity contribution < 1.29 is 19.4 Å². The Morgan fingerprint density at radius 2 is 2.19 bits per heavy atom. The average molecular weight is 360 g/mol. The van der Waals surface area contributed by atoms with E-state index in [9.17, 15) is 9.90 Å². The number of likely N-dealkylation sites (tertiary alicyclic amines) is 1. The minimum Gasteiger partial charge on any atom is -0.389 e. The Morgan fingerprint density at radius 3 is 3.04 bits per heavy atom. The van der Waals surface area contributed by atoms with Crippen molar-refractivity contribution in [3.05, 3.63) is 29.8 Å². The Morgan fingerprint density at radius 1 is 1.35 bits per heavy atom. The summed E-state index contributed by atoms with van der Waals surface area (Å²) < 4.78 is 11.3. The molecule has 6 heteroatoms. The van der Waals surface area contributed by atoms with Crippen LogP contribution >= 0.6 is 0 Å². The van der Waals surface area contributed by atoms with Gasteiger partial charge in [-0.05, 0) is 30.5 Å². The maximum atomic E-state index is 13.1. The van der Waals surface area contributed by atoms with Gasteiger partial charge in [0.1, 0.15) is 0 Å². The van der Waals surface area contributed by atoms with E-state index < -0.39 is 5.60 Å². The van der Waals surface area contributed by atoms with E-state index in [1.165, 1.54) is 5.56 Å². The number of piperidine rings is 1. The second-order valence-corrected chi connectivity index (χ2v) is 7.69. The molecule has 142 valence electrons. The molecule has 2 amide bonds. The quantitative estimate of drug-likeness (QED) is 0.849. The molecule has 1 aromatic rings. The van der Waals surface area contributed by atoms with Crippen molar-refractivity contribution in [3.63, 3.8) is 0 Å². The molecule has 3 fully saturated rings. The molecular formula is C20H28N2O4. The van der Waals surface area contributed by atoms with E-state index in [1.807, 2.05) is 23.1 Å². The van der Waals surface area contributed by atoms with E-state index in [0.29, 0.717) is 39.4 Å². The number of amides is 2. The zero-order chi connectivity index (χ0) is 18.1. The Hall–Kier alpha value is -1.63. The predicted octanol–water partition coefficient (Wildman–Crippen LogP) is 2.27. The number of anilines is 1. The summed E-state index contributed by atoms with van der Waals surface area (Å²) in [7, 11) is 0. The topological polar surface area (TPSA) is 71.0 Å². The maximum absolute atomic E-state index is 13.1. The molecule has 3 aliphatic heterocycles. The van der Waals surface area contributed by atoms with Crippen molar-refractivity contribution in [1.82, 2.24) is 4.90 Å². The van der Waals surface area contributed by atoms with Gasteiger partial charge in [-0.1, -0.05) is 19.1 Å². The number of carbonyl (C=O) groups is 1. The lowest BCUT2D eigenvalue weighted by Gasteiger charge is -2.56. The fourth-order valence-corrected chi connectivity index (χ4v) is 4.76. The molecule has 6 nitrogen and oxygen atoms in total. The van der Waals surface area contributed by atoms with Crippen LogP contribution in [0.25, 0.3) is 0 Å². The number of nitrogens with one attached hydrogen (secondary N) is 1. The summed E-state index contributed by atoms with van der Waals surface area (Å²) in [5, 5.41) is 14.4.